The molecule has 1 heterocycles. The van der Waals surface area contributed by atoms with E-state index in [1.54, 1.807) is 7.11 Å². The van der Waals surface area contributed by atoms with Gasteiger partial charge in [0.1, 0.15) is 0 Å². The molecule has 0 N–H and O–H groups in total. The second-order valence-corrected chi connectivity index (χ2v) is 8.37. The Labute approximate surface area is 129 Å². The van der Waals surface area contributed by atoms with Gasteiger partial charge in [-0.05, 0) is 0 Å². The fourth-order valence-corrected chi connectivity index (χ4v) is 5.84. The number of hydrogen-bond donors (Lipinski definition) is 0. The van der Waals surface area contributed by atoms with Gasteiger partial charge in [0.2, 0.25) is 0 Å². The van der Waals surface area contributed by atoms with Crippen molar-refractivity contribution in [1.29, 1.82) is 0 Å². The van der Waals surface area contributed by atoms with Crippen molar-refractivity contribution < 1.29 is 30.7 Å². The van der Waals surface area contributed by atoms with Gasteiger partial charge in [0.05, 0.1) is 0 Å². The van der Waals surface area contributed by atoms with Crippen LogP contribution in [0.2, 0.25) is 0 Å². The zero-order valence-electron chi connectivity index (χ0n) is 12.9. The first-order valence-corrected chi connectivity index (χ1v) is 10.1. The summed E-state index contributed by atoms with van der Waals surface area (Å²) < 4.78 is 14.1. The van der Waals surface area contributed by atoms with Gasteiger partial charge in [0, 0.05) is 0 Å². The summed E-state index contributed by atoms with van der Waals surface area (Å²) in [5.41, 5.74) is 0. The molecule has 0 unspecified atom stereocenters. The Balaban J connectivity index is 2.44. The van der Waals surface area contributed by atoms with Crippen molar-refractivity contribution in [3.8, 4) is 0 Å². The zero-order valence-corrected chi connectivity index (χ0v) is 15.1. The zero-order chi connectivity index (χ0) is 14.1. The van der Waals surface area contributed by atoms with E-state index in [1.165, 1.54) is 25.7 Å². The Bertz CT molecular complexity index is 255. The van der Waals surface area contributed by atoms with Crippen molar-refractivity contribution in [3.05, 3.63) is 10.2 Å². The van der Waals surface area contributed by atoms with Crippen LogP contribution < -0.4 is 21.2 Å². The van der Waals surface area contributed by atoms with Crippen LogP contribution in [0.1, 0.15) is 46.5 Å². The van der Waals surface area contributed by atoms with Crippen molar-refractivity contribution in [3.63, 3.8) is 0 Å². The van der Waals surface area contributed by atoms with Crippen molar-refractivity contribution >= 4 is 0 Å². The third kappa shape index (κ3) is 6.58. The summed E-state index contributed by atoms with van der Waals surface area (Å²) in [5.74, 6) is 2.36. The molecule has 0 aromatic rings. The number of halogens is 1. The first kappa shape index (κ1) is 17.4. The van der Waals surface area contributed by atoms with Crippen LogP contribution in [-0.4, -0.2) is 24.4 Å². The van der Waals surface area contributed by atoms with Crippen molar-refractivity contribution in [2.24, 2.45) is 17.8 Å². The third-order valence-electron chi connectivity index (χ3n) is 3.88. The van der Waals surface area contributed by atoms with E-state index < -0.39 is 0 Å². The SMILES string of the molecule is CCC[C@@H](C)C[C@H](C)[C@H]1CC=C[I-][C@H]1OCCOC. The van der Waals surface area contributed by atoms with E-state index in [9.17, 15) is 0 Å². The molecule has 0 spiro atoms. The molecule has 0 amide bonds. The summed E-state index contributed by atoms with van der Waals surface area (Å²) in [6.45, 7) is 8.58. The molecule has 1 rings (SSSR count). The summed E-state index contributed by atoms with van der Waals surface area (Å²) in [7, 11) is 1.74. The predicted octanol–water partition coefficient (Wildman–Crippen LogP) is 1.06. The molecule has 0 aromatic carbocycles. The molecule has 1 aliphatic rings. The fourth-order valence-electron chi connectivity index (χ4n) is 2.85. The van der Waals surface area contributed by atoms with Crippen LogP contribution in [0, 0.1) is 17.8 Å². The number of methoxy groups -OCH3 is 1. The van der Waals surface area contributed by atoms with Crippen LogP contribution >= 0.6 is 0 Å². The number of allylic oxidation sites excluding steroid dienone is 1. The maximum absolute atomic E-state index is 6.07. The number of hydrogen-bond acceptors (Lipinski definition) is 2. The number of ether oxygens (including phenoxy) is 2. The van der Waals surface area contributed by atoms with Gasteiger partial charge in [-0.1, -0.05) is 0 Å². The topological polar surface area (TPSA) is 18.5 Å². The van der Waals surface area contributed by atoms with E-state index >= 15 is 0 Å². The van der Waals surface area contributed by atoms with Gasteiger partial charge in [0.25, 0.3) is 0 Å². The van der Waals surface area contributed by atoms with Crippen molar-refractivity contribution in [2.45, 2.75) is 50.6 Å². The third-order valence-corrected chi connectivity index (χ3v) is 6.80. The van der Waals surface area contributed by atoms with Gasteiger partial charge in [0.15, 0.2) is 0 Å². The van der Waals surface area contributed by atoms with Crippen LogP contribution in [-0.2, 0) is 9.47 Å². The quantitative estimate of drug-likeness (QED) is 0.338. The second-order valence-electron chi connectivity index (χ2n) is 5.71. The van der Waals surface area contributed by atoms with E-state index in [0.717, 1.165) is 31.0 Å². The molecule has 1 aliphatic heterocycles. The molecule has 2 nitrogen and oxygen atoms in total. The van der Waals surface area contributed by atoms with E-state index in [-0.39, 0.29) is 21.2 Å². The molecule has 4 atom stereocenters. The standard InChI is InChI=1S/C16H30IO2/c1-5-7-13(2)12-14(3)15-8-6-9-17-16(15)19-11-10-18-4/h6,9,13-16H,5,7-8,10-12H2,1-4H3/q-1/t13-,14+,15-,16+/m1/s1. The summed E-state index contributed by atoms with van der Waals surface area (Å²) in [5, 5.41) is 0. The monoisotopic (exact) mass is 381 g/mol. The Morgan fingerprint density at radius 3 is 2.79 bits per heavy atom. The summed E-state index contributed by atoms with van der Waals surface area (Å²) >= 11 is 0.0647. The Hall–Kier alpha value is 0.390. The van der Waals surface area contributed by atoms with Crippen molar-refractivity contribution in [1.82, 2.24) is 0 Å². The summed E-state index contributed by atoms with van der Waals surface area (Å²) in [4.78, 5) is 0. The van der Waals surface area contributed by atoms with Gasteiger partial charge in [-0.25, -0.2) is 0 Å². The van der Waals surface area contributed by atoms with E-state index in [1.807, 2.05) is 0 Å². The van der Waals surface area contributed by atoms with Crippen LogP contribution in [0.5, 0.6) is 0 Å². The molecule has 0 aromatic heterocycles. The van der Waals surface area contributed by atoms with Crippen LogP contribution in [0.25, 0.3) is 0 Å². The molecule has 3 heteroatoms. The molecule has 0 saturated heterocycles. The summed E-state index contributed by atoms with van der Waals surface area (Å²) in [6.07, 6.45) is 7.60. The molecule has 0 fully saturated rings. The Morgan fingerprint density at radius 2 is 2.11 bits per heavy atom. The van der Waals surface area contributed by atoms with Gasteiger partial charge >= 0.3 is 129 Å². The molecular formula is C16H30IO2-. The van der Waals surface area contributed by atoms with Crippen LogP contribution in [0.3, 0.4) is 0 Å². The Kier molecular flexibility index (Phi) is 9.33. The normalized spacial score (nSPS) is 26.7. The summed E-state index contributed by atoms with van der Waals surface area (Å²) in [6, 6.07) is 0. The van der Waals surface area contributed by atoms with Gasteiger partial charge in [-0.15, -0.1) is 0 Å². The van der Waals surface area contributed by atoms with Crippen LogP contribution in [0.4, 0.5) is 0 Å². The first-order chi connectivity index (χ1) is 9.19. The van der Waals surface area contributed by atoms with E-state index in [0.29, 0.717) is 4.11 Å². The van der Waals surface area contributed by atoms with E-state index in [4.69, 9.17) is 9.47 Å². The molecule has 0 aliphatic carbocycles. The van der Waals surface area contributed by atoms with E-state index in [2.05, 4.69) is 30.9 Å². The van der Waals surface area contributed by atoms with Gasteiger partial charge in [-0.2, -0.15) is 0 Å². The number of rotatable bonds is 9. The molecule has 0 radical (unpaired) electrons. The average molecular weight is 381 g/mol. The number of alkyl halides is 1. The molecule has 0 saturated carbocycles. The average Bonchev–Trinajstić information content (AvgIpc) is 2.39. The van der Waals surface area contributed by atoms with Gasteiger partial charge < -0.3 is 0 Å². The molecule has 0 bridgehead atoms. The minimum absolute atomic E-state index is 0.0647. The van der Waals surface area contributed by atoms with Gasteiger partial charge in [-0.3, -0.25) is 0 Å². The first-order valence-electron chi connectivity index (χ1n) is 7.56. The van der Waals surface area contributed by atoms with Crippen molar-refractivity contribution in [2.75, 3.05) is 20.3 Å². The molecule has 19 heavy (non-hydrogen) atoms. The van der Waals surface area contributed by atoms with Crippen LogP contribution in [0.15, 0.2) is 10.2 Å². The second kappa shape index (κ2) is 10.2. The minimum atomic E-state index is 0.0647. The molecular weight excluding hydrogens is 351 g/mol. The Morgan fingerprint density at radius 1 is 1.32 bits per heavy atom. The predicted molar refractivity (Wildman–Crippen MR) is 76.7 cm³/mol. The maximum atomic E-state index is 6.07. The molecule has 114 valence electrons. The fraction of sp³-hybridized carbons (Fsp3) is 0.875.